The van der Waals surface area contributed by atoms with E-state index in [-0.39, 0.29) is 49.4 Å². The second kappa shape index (κ2) is 21.6. The number of nitrogens with zero attached hydrogens (tertiary/aromatic N) is 3. The third-order valence-corrected chi connectivity index (χ3v) is 15.7. The SMILES string of the molecule is CCCOCCOCCN(C(=O)CCC[Si](C)(C)O)c1cc(COc2cc3c(cc2C)C(=O)N2c4ccccc4C[C@H]2CC3)cc(COc2cc3c(cc2OC)C(=O)N2c4ccccc4C[C@H]2CC3)c1. The number of benzene rings is 5. The van der Waals surface area contributed by atoms with E-state index in [2.05, 4.69) is 19.1 Å². The van der Waals surface area contributed by atoms with Crippen molar-refractivity contribution in [1.82, 2.24) is 0 Å². The Bertz CT molecular complexity index is 2730. The van der Waals surface area contributed by atoms with E-state index in [4.69, 9.17) is 23.7 Å². The third kappa shape index (κ3) is 10.8. The van der Waals surface area contributed by atoms with Crippen LogP contribution in [0.4, 0.5) is 17.1 Å². The highest BCUT2D eigenvalue weighted by Gasteiger charge is 2.39. The van der Waals surface area contributed by atoms with Crippen LogP contribution >= 0.6 is 0 Å². The van der Waals surface area contributed by atoms with E-state index in [0.717, 1.165) is 84.1 Å². The number of ether oxygens (including phenoxy) is 5. The number of fused-ring (bicyclic) bond motifs is 8. The van der Waals surface area contributed by atoms with Crippen LogP contribution in [0, 0.1) is 6.92 Å². The van der Waals surface area contributed by atoms with E-state index in [9.17, 15) is 19.2 Å². The zero-order chi connectivity index (χ0) is 48.9. The number of carbonyl (C=O) groups is 3. The predicted molar refractivity (Wildman–Crippen MR) is 275 cm³/mol. The summed E-state index contributed by atoms with van der Waals surface area (Å²) in [6.45, 7) is 10.3. The van der Waals surface area contributed by atoms with Gasteiger partial charge in [0.15, 0.2) is 19.8 Å². The van der Waals surface area contributed by atoms with Gasteiger partial charge in [-0.15, -0.1) is 0 Å². The highest BCUT2D eigenvalue weighted by atomic mass is 28.4. The average molecular weight is 966 g/mol. The minimum Gasteiger partial charge on any atom is -0.493 e. The Labute approximate surface area is 413 Å². The molecule has 13 heteroatoms. The van der Waals surface area contributed by atoms with Gasteiger partial charge < -0.3 is 43.2 Å². The first-order valence-corrected chi connectivity index (χ1v) is 28.3. The van der Waals surface area contributed by atoms with Crippen molar-refractivity contribution in [2.24, 2.45) is 0 Å². The zero-order valence-electron chi connectivity index (χ0n) is 41.4. The van der Waals surface area contributed by atoms with Gasteiger partial charge in [0.05, 0.1) is 26.9 Å². The maximum atomic E-state index is 14.2. The lowest BCUT2D eigenvalue weighted by Crippen LogP contribution is -2.36. The Balaban J connectivity index is 0.994. The lowest BCUT2D eigenvalue weighted by atomic mass is 9.98. The molecule has 4 aliphatic heterocycles. The van der Waals surface area contributed by atoms with E-state index in [1.165, 1.54) is 11.1 Å². The molecule has 4 aliphatic rings. The van der Waals surface area contributed by atoms with Crippen LogP contribution in [0.2, 0.25) is 19.1 Å². The van der Waals surface area contributed by atoms with E-state index < -0.39 is 8.32 Å². The highest BCUT2D eigenvalue weighted by Crippen LogP contribution is 2.42. The Morgan fingerprint density at radius 3 is 1.84 bits per heavy atom. The van der Waals surface area contributed by atoms with E-state index in [1.807, 2.05) is 109 Å². The molecule has 0 aromatic heterocycles. The molecule has 0 bridgehead atoms. The summed E-state index contributed by atoms with van der Waals surface area (Å²) in [6.07, 6.45) is 6.63. The van der Waals surface area contributed by atoms with E-state index in [0.29, 0.717) is 79.5 Å². The molecule has 4 heterocycles. The summed E-state index contributed by atoms with van der Waals surface area (Å²) in [5.41, 5.74) is 10.8. The monoisotopic (exact) mass is 965 g/mol. The van der Waals surface area contributed by atoms with Gasteiger partial charge in [-0.3, -0.25) is 14.4 Å². The van der Waals surface area contributed by atoms with Crippen molar-refractivity contribution in [3.63, 3.8) is 0 Å². The summed E-state index contributed by atoms with van der Waals surface area (Å²) < 4.78 is 30.8. The van der Waals surface area contributed by atoms with E-state index >= 15 is 0 Å². The fraction of sp³-hybridized carbons (Fsp3) is 0.421. The number of amides is 3. The van der Waals surface area contributed by atoms with Crippen LogP contribution < -0.4 is 28.9 Å². The molecule has 12 nitrogen and oxygen atoms in total. The minimum atomic E-state index is -2.37. The number of hydrogen-bond donors (Lipinski definition) is 1. The number of carbonyl (C=O) groups excluding carboxylic acids is 3. The van der Waals surface area contributed by atoms with Gasteiger partial charge in [0.2, 0.25) is 5.91 Å². The summed E-state index contributed by atoms with van der Waals surface area (Å²) in [5, 5.41) is 0. The molecule has 0 fully saturated rings. The van der Waals surface area contributed by atoms with Crippen molar-refractivity contribution in [3.05, 3.63) is 141 Å². The van der Waals surface area contributed by atoms with Gasteiger partial charge in [0.25, 0.3) is 11.8 Å². The summed E-state index contributed by atoms with van der Waals surface area (Å²) >= 11 is 0. The maximum Gasteiger partial charge on any atom is 0.258 e. The normalized spacial score (nSPS) is 16.9. The third-order valence-electron chi connectivity index (χ3n) is 14.1. The largest absolute Gasteiger partial charge is 0.493 e. The van der Waals surface area contributed by atoms with Gasteiger partial charge in [-0.1, -0.05) is 43.3 Å². The second-order valence-corrected chi connectivity index (χ2v) is 24.0. The van der Waals surface area contributed by atoms with Gasteiger partial charge in [-0.2, -0.15) is 0 Å². The number of rotatable bonds is 20. The van der Waals surface area contributed by atoms with Gasteiger partial charge in [0.1, 0.15) is 19.0 Å². The molecule has 0 spiro atoms. The summed E-state index contributed by atoms with van der Waals surface area (Å²) in [5.74, 6) is 1.63. The van der Waals surface area contributed by atoms with Crippen LogP contribution in [-0.2, 0) is 53.2 Å². The van der Waals surface area contributed by atoms with Crippen LogP contribution in [0.15, 0.2) is 91.0 Å². The Morgan fingerprint density at radius 2 is 1.26 bits per heavy atom. The molecule has 368 valence electrons. The average Bonchev–Trinajstić information content (AvgIpc) is 3.84. The molecule has 0 aliphatic carbocycles. The molecule has 2 atom stereocenters. The number of aryl methyl sites for hydroxylation is 3. The van der Waals surface area contributed by atoms with Crippen LogP contribution in [0.3, 0.4) is 0 Å². The smallest absolute Gasteiger partial charge is 0.258 e. The first kappa shape index (κ1) is 49.0. The summed E-state index contributed by atoms with van der Waals surface area (Å²) in [4.78, 5) is 59.0. The molecule has 0 saturated carbocycles. The number of methoxy groups -OCH3 is 1. The molecule has 70 heavy (non-hydrogen) atoms. The van der Waals surface area contributed by atoms with Crippen molar-refractivity contribution in [2.75, 3.05) is 54.8 Å². The van der Waals surface area contributed by atoms with Crippen LogP contribution in [-0.4, -0.2) is 83.0 Å². The molecule has 9 rings (SSSR count). The maximum absolute atomic E-state index is 14.2. The molecule has 3 amide bonds. The van der Waals surface area contributed by atoms with Crippen molar-refractivity contribution in [2.45, 2.75) is 116 Å². The fourth-order valence-electron chi connectivity index (χ4n) is 10.6. The minimum absolute atomic E-state index is 0.0285. The number of anilines is 3. The van der Waals surface area contributed by atoms with Crippen LogP contribution in [0.25, 0.3) is 0 Å². The fourth-order valence-corrected chi connectivity index (χ4v) is 11.7. The quantitative estimate of drug-likeness (QED) is 0.0599. The van der Waals surface area contributed by atoms with Crippen molar-refractivity contribution in [3.8, 4) is 17.2 Å². The van der Waals surface area contributed by atoms with Gasteiger partial charge >= 0.3 is 0 Å². The lowest BCUT2D eigenvalue weighted by Gasteiger charge is -2.25. The number of hydrogen-bond acceptors (Lipinski definition) is 9. The zero-order valence-corrected chi connectivity index (χ0v) is 42.4. The molecule has 5 aromatic rings. The first-order chi connectivity index (χ1) is 33.9. The molecular weight excluding hydrogens is 899 g/mol. The van der Waals surface area contributed by atoms with Gasteiger partial charge in [0, 0.05) is 59.8 Å². The lowest BCUT2D eigenvalue weighted by molar-refractivity contribution is -0.118. The van der Waals surface area contributed by atoms with Crippen molar-refractivity contribution >= 4 is 43.1 Å². The van der Waals surface area contributed by atoms with Crippen LogP contribution in [0.1, 0.15) is 98.7 Å². The first-order valence-electron chi connectivity index (χ1n) is 25.1. The van der Waals surface area contributed by atoms with Crippen LogP contribution in [0.5, 0.6) is 17.2 Å². The summed E-state index contributed by atoms with van der Waals surface area (Å²) in [6, 6.07) is 31.0. The Kier molecular flexibility index (Phi) is 15.1. The molecule has 0 unspecified atom stereocenters. The number of para-hydroxylation sites is 2. The van der Waals surface area contributed by atoms with Crippen molar-refractivity contribution < 1.29 is 42.9 Å². The van der Waals surface area contributed by atoms with E-state index in [1.54, 1.807) is 12.0 Å². The summed E-state index contributed by atoms with van der Waals surface area (Å²) in [7, 11) is -0.781. The highest BCUT2D eigenvalue weighted by molar-refractivity contribution is 6.69. The molecule has 0 saturated heterocycles. The topological polar surface area (TPSA) is 127 Å². The van der Waals surface area contributed by atoms with Crippen molar-refractivity contribution in [1.29, 1.82) is 0 Å². The standard InChI is InChI=1S/C57H67N3O9Si/c1-6-22-66-24-25-67-23-21-58(55(61)16-11-26-70(4,5)64)47-29-39(36-68-52-33-41-17-19-45-31-43-12-7-9-14-50(43)59(45)56(62)48(41)27-38(52)2)28-40(30-47)37-69-54-34-42-18-20-46-32-44-13-8-10-15-51(44)60(46)57(63)49(42)35-53(54)65-3/h7-10,12-15,27-30,33-35,45-46,64H,6,11,16-26,31-32,36-37H2,1-5H3/t45-,46-/m1/s1. The predicted octanol–water partition coefficient (Wildman–Crippen LogP) is 9.95. The Hall–Kier alpha value is -5.99. The Morgan fingerprint density at radius 1 is 0.700 bits per heavy atom. The van der Waals surface area contributed by atoms with Gasteiger partial charge in [-0.25, -0.2) is 0 Å². The second-order valence-electron chi connectivity index (χ2n) is 19.9. The van der Waals surface area contributed by atoms with Gasteiger partial charge in [-0.05, 0) is 171 Å². The molecule has 5 aromatic carbocycles. The molecule has 0 radical (unpaired) electrons. The molecular formula is C57H67N3O9Si. The molecule has 1 N–H and O–H groups in total.